The van der Waals surface area contributed by atoms with Gasteiger partial charge in [0.15, 0.2) is 5.82 Å². The van der Waals surface area contributed by atoms with Gasteiger partial charge in [-0.2, -0.15) is 0 Å². The van der Waals surface area contributed by atoms with Gasteiger partial charge in [-0.25, -0.2) is 0 Å². The highest BCUT2D eigenvalue weighted by molar-refractivity contribution is 6.34. The Morgan fingerprint density at radius 1 is 1.48 bits per heavy atom. The lowest BCUT2D eigenvalue weighted by Crippen LogP contribution is -2.43. The van der Waals surface area contributed by atoms with E-state index < -0.39 is 0 Å². The number of aromatic nitrogens is 3. The molecular formula is C16H19ClN4O2. The fourth-order valence-electron chi connectivity index (χ4n) is 2.73. The third-order valence-electron chi connectivity index (χ3n) is 4.05. The molecule has 1 fully saturated rings. The minimum Gasteiger partial charge on any atom is -0.366 e. The summed E-state index contributed by atoms with van der Waals surface area (Å²) >= 11 is 6.29. The Hall–Kier alpha value is -1.92. The third-order valence-corrected chi connectivity index (χ3v) is 4.55. The zero-order valence-electron chi connectivity index (χ0n) is 13.2. The second-order valence-corrected chi connectivity index (χ2v) is 5.90. The number of nitrogens with zero attached hydrogens (tertiary/aromatic N) is 4. The molecular weight excluding hydrogens is 316 g/mol. The van der Waals surface area contributed by atoms with Gasteiger partial charge in [0.1, 0.15) is 12.4 Å². The molecule has 122 valence electrons. The van der Waals surface area contributed by atoms with Crippen LogP contribution in [0.3, 0.4) is 0 Å². The van der Waals surface area contributed by atoms with Gasteiger partial charge in [0, 0.05) is 13.1 Å². The molecule has 2 aromatic rings. The lowest BCUT2D eigenvalue weighted by Gasteiger charge is -2.32. The summed E-state index contributed by atoms with van der Waals surface area (Å²) < 4.78 is 7.71. The van der Waals surface area contributed by atoms with Crippen LogP contribution in [0.5, 0.6) is 0 Å². The molecule has 1 aliphatic rings. The van der Waals surface area contributed by atoms with Gasteiger partial charge < -0.3 is 14.2 Å². The first-order chi connectivity index (χ1) is 11.1. The van der Waals surface area contributed by atoms with Gasteiger partial charge in [-0.3, -0.25) is 4.79 Å². The number of morpholine rings is 1. The Bertz CT molecular complexity index is 716. The zero-order chi connectivity index (χ0) is 16.4. The Morgan fingerprint density at radius 2 is 2.30 bits per heavy atom. The number of rotatable bonds is 3. The van der Waals surface area contributed by atoms with Crippen molar-refractivity contribution in [2.24, 2.45) is 0 Å². The summed E-state index contributed by atoms with van der Waals surface area (Å²) in [6.45, 7) is 6.13. The molecule has 1 aromatic heterocycles. The van der Waals surface area contributed by atoms with E-state index in [1.54, 1.807) is 17.3 Å². The average Bonchev–Trinajstić information content (AvgIpc) is 3.05. The predicted molar refractivity (Wildman–Crippen MR) is 86.5 cm³/mol. The summed E-state index contributed by atoms with van der Waals surface area (Å²) in [5, 5.41) is 8.57. The molecule has 0 unspecified atom stereocenters. The summed E-state index contributed by atoms with van der Waals surface area (Å²) in [5.41, 5.74) is 1.43. The van der Waals surface area contributed by atoms with E-state index in [9.17, 15) is 4.79 Å². The number of ether oxygens (including phenoxy) is 1. The summed E-state index contributed by atoms with van der Waals surface area (Å²) in [5.74, 6) is 0.676. The highest BCUT2D eigenvalue weighted by Crippen LogP contribution is 2.25. The highest BCUT2D eigenvalue weighted by Gasteiger charge is 2.29. The molecule has 3 rings (SSSR count). The summed E-state index contributed by atoms with van der Waals surface area (Å²) in [4.78, 5) is 14.6. The van der Waals surface area contributed by atoms with Crippen LogP contribution in [0.25, 0.3) is 0 Å². The summed E-state index contributed by atoms with van der Waals surface area (Å²) in [6.07, 6.45) is 1.41. The van der Waals surface area contributed by atoms with E-state index in [4.69, 9.17) is 16.3 Å². The predicted octanol–water partition coefficient (Wildman–Crippen LogP) is 2.47. The van der Waals surface area contributed by atoms with E-state index in [0.717, 1.165) is 17.9 Å². The molecule has 0 saturated carbocycles. The smallest absolute Gasteiger partial charge is 0.255 e. The maximum absolute atomic E-state index is 12.8. The van der Waals surface area contributed by atoms with E-state index >= 15 is 0 Å². The SMILES string of the molecule is CCn1cnnc1[C@H]1CN(C(=O)c2cccc(C)c2Cl)CCO1. The molecule has 0 N–H and O–H groups in total. The largest absolute Gasteiger partial charge is 0.366 e. The molecule has 1 aromatic carbocycles. The standard InChI is InChI=1S/C16H19ClN4O2/c1-3-20-10-18-19-15(20)13-9-21(7-8-23-13)16(22)12-6-4-5-11(2)14(12)17/h4-6,10,13H,3,7-9H2,1-2H3/t13-/m1/s1. The molecule has 0 bridgehead atoms. The molecule has 23 heavy (non-hydrogen) atoms. The van der Waals surface area contributed by atoms with Gasteiger partial charge in [-0.1, -0.05) is 23.7 Å². The lowest BCUT2D eigenvalue weighted by atomic mass is 10.1. The molecule has 6 nitrogen and oxygen atoms in total. The second-order valence-electron chi connectivity index (χ2n) is 5.52. The third kappa shape index (κ3) is 3.09. The van der Waals surface area contributed by atoms with Gasteiger partial charge >= 0.3 is 0 Å². The first-order valence-electron chi connectivity index (χ1n) is 7.65. The van der Waals surface area contributed by atoms with Crippen molar-refractivity contribution in [3.63, 3.8) is 0 Å². The van der Waals surface area contributed by atoms with Gasteiger partial charge in [-0.15, -0.1) is 10.2 Å². The molecule has 1 aliphatic heterocycles. The van der Waals surface area contributed by atoms with Crippen LogP contribution in [-0.2, 0) is 11.3 Å². The first-order valence-corrected chi connectivity index (χ1v) is 8.03. The van der Waals surface area contributed by atoms with Crippen LogP contribution in [0, 0.1) is 6.92 Å². The first kappa shape index (κ1) is 16.0. The van der Waals surface area contributed by atoms with Crippen molar-refractivity contribution in [3.05, 3.63) is 46.5 Å². The van der Waals surface area contributed by atoms with E-state index in [2.05, 4.69) is 10.2 Å². The summed E-state index contributed by atoms with van der Waals surface area (Å²) in [6, 6.07) is 5.50. The van der Waals surface area contributed by atoms with E-state index in [-0.39, 0.29) is 12.0 Å². The number of aryl methyl sites for hydroxylation is 2. The van der Waals surface area contributed by atoms with Crippen molar-refractivity contribution in [2.45, 2.75) is 26.5 Å². The Labute approximate surface area is 140 Å². The molecule has 2 heterocycles. The lowest BCUT2D eigenvalue weighted by molar-refractivity contribution is -0.0283. The number of hydrogen-bond acceptors (Lipinski definition) is 4. The van der Waals surface area contributed by atoms with Gasteiger partial charge in [0.2, 0.25) is 0 Å². The molecule has 0 aliphatic carbocycles. The molecule has 1 atom stereocenters. The zero-order valence-corrected chi connectivity index (χ0v) is 14.0. The minimum atomic E-state index is -0.265. The maximum atomic E-state index is 12.8. The van der Waals surface area contributed by atoms with Crippen molar-refractivity contribution in [1.82, 2.24) is 19.7 Å². The number of carbonyl (C=O) groups excluding carboxylic acids is 1. The van der Waals surface area contributed by atoms with Crippen LogP contribution >= 0.6 is 11.6 Å². The van der Waals surface area contributed by atoms with Crippen LogP contribution < -0.4 is 0 Å². The number of hydrogen-bond donors (Lipinski definition) is 0. The van der Waals surface area contributed by atoms with Crippen molar-refractivity contribution in [2.75, 3.05) is 19.7 Å². The van der Waals surface area contributed by atoms with Gasteiger partial charge in [0.25, 0.3) is 5.91 Å². The van der Waals surface area contributed by atoms with Gasteiger partial charge in [0.05, 0.1) is 23.7 Å². The Morgan fingerprint density at radius 3 is 3.09 bits per heavy atom. The number of halogens is 1. The fraction of sp³-hybridized carbons (Fsp3) is 0.438. The Balaban J connectivity index is 1.81. The topological polar surface area (TPSA) is 60.2 Å². The number of carbonyl (C=O) groups is 1. The van der Waals surface area contributed by atoms with E-state index in [1.165, 1.54) is 0 Å². The molecule has 0 spiro atoms. The van der Waals surface area contributed by atoms with Gasteiger partial charge in [-0.05, 0) is 25.5 Å². The maximum Gasteiger partial charge on any atom is 0.255 e. The second kappa shape index (κ2) is 6.68. The Kier molecular flexibility index (Phi) is 4.63. The monoisotopic (exact) mass is 334 g/mol. The van der Waals surface area contributed by atoms with Crippen LogP contribution in [0.4, 0.5) is 0 Å². The van der Waals surface area contributed by atoms with Crippen molar-refractivity contribution < 1.29 is 9.53 Å². The van der Waals surface area contributed by atoms with Crippen molar-refractivity contribution in [1.29, 1.82) is 0 Å². The number of benzene rings is 1. The van der Waals surface area contributed by atoms with Crippen LogP contribution in [-0.4, -0.2) is 45.3 Å². The van der Waals surface area contributed by atoms with Crippen LogP contribution in [0.1, 0.15) is 34.8 Å². The normalized spacial score (nSPS) is 18.2. The molecule has 0 radical (unpaired) electrons. The molecule has 1 amide bonds. The van der Waals surface area contributed by atoms with E-state index in [1.807, 2.05) is 30.5 Å². The highest BCUT2D eigenvalue weighted by atomic mass is 35.5. The van der Waals surface area contributed by atoms with Crippen molar-refractivity contribution in [3.8, 4) is 0 Å². The minimum absolute atomic E-state index is 0.0745. The van der Waals surface area contributed by atoms with E-state index in [0.29, 0.717) is 30.3 Å². The van der Waals surface area contributed by atoms with Crippen molar-refractivity contribution >= 4 is 17.5 Å². The fourth-order valence-corrected chi connectivity index (χ4v) is 2.94. The van der Waals surface area contributed by atoms with Crippen LogP contribution in [0.15, 0.2) is 24.5 Å². The average molecular weight is 335 g/mol. The quantitative estimate of drug-likeness (QED) is 0.865. The number of amides is 1. The van der Waals surface area contributed by atoms with Crippen LogP contribution in [0.2, 0.25) is 5.02 Å². The molecule has 1 saturated heterocycles. The summed E-state index contributed by atoms with van der Waals surface area (Å²) in [7, 11) is 0. The molecule has 7 heteroatoms.